The molecule has 22 heavy (non-hydrogen) atoms. The van der Waals surface area contributed by atoms with Gasteiger partial charge in [0.1, 0.15) is 5.82 Å². The van der Waals surface area contributed by atoms with Gasteiger partial charge >= 0.3 is 0 Å². The molecule has 3 aromatic rings. The molecule has 0 bridgehead atoms. The summed E-state index contributed by atoms with van der Waals surface area (Å²) in [5, 5.41) is 20.9. The molecule has 1 saturated carbocycles. The summed E-state index contributed by atoms with van der Waals surface area (Å²) in [6.45, 7) is 0. The lowest BCUT2D eigenvalue weighted by Gasteiger charge is -2.16. The Morgan fingerprint density at radius 1 is 1.05 bits per heavy atom. The van der Waals surface area contributed by atoms with Gasteiger partial charge in [0.15, 0.2) is 11.5 Å². The maximum atomic E-state index is 4.70. The van der Waals surface area contributed by atoms with Gasteiger partial charge in [-0.05, 0) is 36.4 Å². The van der Waals surface area contributed by atoms with E-state index in [0.29, 0.717) is 6.04 Å². The first-order chi connectivity index (χ1) is 10.9. The van der Waals surface area contributed by atoms with Crippen LogP contribution in [0.15, 0.2) is 29.0 Å². The van der Waals surface area contributed by atoms with Crippen molar-refractivity contribution >= 4 is 22.8 Å². The fraction of sp³-hybridized carbons (Fsp3) is 0.438. The molecule has 0 aliphatic heterocycles. The predicted octanol–water partition coefficient (Wildman–Crippen LogP) is 3.99. The Hall–Kier alpha value is -1.95. The zero-order valence-electron chi connectivity index (χ0n) is 12.4. The Balaban J connectivity index is 1.63. The highest BCUT2D eigenvalue weighted by Crippen LogP contribution is 2.23. The lowest BCUT2D eigenvalue weighted by Crippen LogP contribution is -2.19. The summed E-state index contributed by atoms with van der Waals surface area (Å²) in [6, 6.07) is 6.57. The van der Waals surface area contributed by atoms with Gasteiger partial charge in [0.05, 0.1) is 0 Å². The fourth-order valence-corrected chi connectivity index (χ4v) is 3.70. The summed E-state index contributed by atoms with van der Waals surface area (Å²) in [6.07, 6.45) is 7.81. The van der Waals surface area contributed by atoms with Crippen LogP contribution in [0, 0.1) is 0 Å². The number of aromatic nitrogens is 4. The third-order valence-corrected chi connectivity index (χ3v) is 4.93. The Morgan fingerprint density at radius 2 is 1.91 bits per heavy atom. The van der Waals surface area contributed by atoms with Crippen LogP contribution in [0.2, 0.25) is 0 Å². The molecule has 3 heterocycles. The Bertz CT molecular complexity index is 741. The molecule has 1 fully saturated rings. The van der Waals surface area contributed by atoms with Crippen LogP contribution in [0.4, 0.5) is 5.82 Å². The Morgan fingerprint density at radius 3 is 2.68 bits per heavy atom. The number of nitrogens with zero attached hydrogens (tertiary/aromatic N) is 4. The first-order valence-corrected chi connectivity index (χ1v) is 8.86. The number of rotatable bonds is 3. The van der Waals surface area contributed by atoms with E-state index >= 15 is 0 Å². The molecule has 114 valence electrons. The van der Waals surface area contributed by atoms with Crippen LogP contribution in [0.25, 0.3) is 17.0 Å². The molecule has 0 aromatic carbocycles. The minimum Gasteiger partial charge on any atom is -0.366 e. The number of thiophene rings is 1. The minimum atomic E-state index is 0.536. The first kappa shape index (κ1) is 13.7. The van der Waals surface area contributed by atoms with Gasteiger partial charge in [-0.15, -0.1) is 15.3 Å². The van der Waals surface area contributed by atoms with E-state index in [2.05, 4.69) is 20.9 Å². The molecule has 1 N–H and O–H groups in total. The second-order valence-electron chi connectivity index (χ2n) is 5.86. The third kappa shape index (κ3) is 2.70. The van der Waals surface area contributed by atoms with Crippen molar-refractivity contribution in [2.75, 3.05) is 5.32 Å². The zero-order valence-corrected chi connectivity index (χ0v) is 13.2. The smallest absolute Gasteiger partial charge is 0.186 e. The first-order valence-electron chi connectivity index (χ1n) is 7.92. The fourth-order valence-electron chi connectivity index (χ4n) is 3.07. The van der Waals surface area contributed by atoms with E-state index in [-0.39, 0.29) is 0 Å². The standard InChI is InChI=1S/C16H19N5S/c1-2-4-6-13(5-3-1)17-14-7-8-15-18-19-16(21(15)20-14)12-9-10-22-11-12/h7-11,13H,1-6H2,(H,17,20). The minimum absolute atomic E-state index is 0.536. The lowest BCUT2D eigenvalue weighted by atomic mass is 10.1. The molecule has 6 heteroatoms. The van der Waals surface area contributed by atoms with Gasteiger partial charge in [-0.1, -0.05) is 25.7 Å². The zero-order chi connectivity index (χ0) is 14.8. The van der Waals surface area contributed by atoms with E-state index in [1.807, 2.05) is 28.1 Å². The highest BCUT2D eigenvalue weighted by atomic mass is 32.1. The monoisotopic (exact) mass is 313 g/mol. The highest BCUT2D eigenvalue weighted by molar-refractivity contribution is 7.08. The van der Waals surface area contributed by atoms with Gasteiger partial charge in [-0.25, -0.2) is 0 Å². The number of nitrogens with one attached hydrogen (secondary N) is 1. The molecular weight excluding hydrogens is 294 g/mol. The van der Waals surface area contributed by atoms with Crippen LogP contribution in [0.3, 0.4) is 0 Å². The van der Waals surface area contributed by atoms with E-state index in [4.69, 9.17) is 5.10 Å². The van der Waals surface area contributed by atoms with Crippen molar-refractivity contribution < 1.29 is 0 Å². The number of fused-ring (bicyclic) bond motifs is 1. The maximum absolute atomic E-state index is 4.70. The van der Waals surface area contributed by atoms with Gasteiger partial charge in [0, 0.05) is 17.0 Å². The van der Waals surface area contributed by atoms with E-state index in [1.54, 1.807) is 11.3 Å². The van der Waals surface area contributed by atoms with Gasteiger partial charge in [0.25, 0.3) is 0 Å². The molecule has 0 spiro atoms. The number of anilines is 1. The summed E-state index contributed by atoms with van der Waals surface area (Å²) < 4.78 is 1.83. The predicted molar refractivity (Wildman–Crippen MR) is 89.2 cm³/mol. The van der Waals surface area contributed by atoms with E-state index in [0.717, 1.165) is 22.9 Å². The van der Waals surface area contributed by atoms with Crippen LogP contribution >= 0.6 is 11.3 Å². The summed E-state index contributed by atoms with van der Waals surface area (Å²) in [5.74, 6) is 1.72. The van der Waals surface area contributed by atoms with Crippen molar-refractivity contribution in [2.24, 2.45) is 0 Å². The molecule has 5 nitrogen and oxygen atoms in total. The van der Waals surface area contributed by atoms with Crippen molar-refractivity contribution in [1.29, 1.82) is 0 Å². The second-order valence-corrected chi connectivity index (χ2v) is 6.64. The molecule has 1 aliphatic carbocycles. The van der Waals surface area contributed by atoms with E-state index in [1.165, 1.54) is 38.5 Å². The maximum Gasteiger partial charge on any atom is 0.186 e. The highest BCUT2D eigenvalue weighted by Gasteiger charge is 2.14. The quantitative estimate of drug-likeness (QED) is 0.743. The molecule has 3 aromatic heterocycles. The van der Waals surface area contributed by atoms with Crippen molar-refractivity contribution in [1.82, 2.24) is 19.8 Å². The van der Waals surface area contributed by atoms with Crippen LogP contribution in [-0.4, -0.2) is 25.9 Å². The summed E-state index contributed by atoms with van der Waals surface area (Å²) in [7, 11) is 0. The van der Waals surface area contributed by atoms with Crippen LogP contribution in [0.5, 0.6) is 0 Å². The average molecular weight is 313 g/mol. The van der Waals surface area contributed by atoms with Gasteiger partial charge in [-0.3, -0.25) is 0 Å². The molecule has 0 atom stereocenters. The van der Waals surface area contributed by atoms with Crippen LogP contribution < -0.4 is 5.32 Å². The topological polar surface area (TPSA) is 55.1 Å². The van der Waals surface area contributed by atoms with Gasteiger partial charge in [0.2, 0.25) is 0 Å². The van der Waals surface area contributed by atoms with Crippen molar-refractivity contribution in [3.8, 4) is 11.4 Å². The molecule has 4 rings (SSSR count). The second kappa shape index (κ2) is 6.04. The SMILES string of the molecule is c1cc(-c2nnc3ccc(NC4CCCCCC4)nn23)cs1. The molecular formula is C16H19N5S. The number of hydrogen-bond acceptors (Lipinski definition) is 5. The Labute approximate surface area is 133 Å². The third-order valence-electron chi connectivity index (χ3n) is 4.25. The van der Waals surface area contributed by atoms with Gasteiger partial charge in [-0.2, -0.15) is 15.9 Å². The Kier molecular flexibility index (Phi) is 3.76. The summed E-state index contributed by atoms with van der Waals surface area (Å²) in [5.41, 5.74) is 1.85. The van der Waals surface area contributed by atoms with Crippen molar-refractivity contribution in [3.05, 3.63) is 29.0 Å². The van der Waals surface area contributed by atoms with E-state index in [9.17, 15) is 0 Å². The molecule has 1 aliphatic rings. The van der Waals surface area contributed by atoms with Crippen LogP contribution in [-0.2, 0) is 0 Å². The molecule has 0 saturated heterocycles. The average Bonchev–Trinajstić information content (AvgIpc) is 3.12. The number of hydrogen-bond donors (Lipinski definition) is 1. The summed E-state index contributed by atoms with van der Waals surface area (Å²) in [4.78, 5) is 0. The van der Waals surface area contributed by atoms with Crippen molar-refractivity contribution in [2.45, 2.75) is 44.6 Å². The summed E-state index contributed by atoms with van der Waals surface area (Å²) >= 11 is 1.66. The molecule has 0 unspecified atom stereocenters. The van der Waals surface area contributed by atoms with Crippen LogP contribution in [0.1, 0.15) is 38.5 Å². The molecule has 0 amide bonds. The lowest BCUT2D eigenvalue weighted by molar-refractivity contribution is 0.615. The normalized spacial score (nSPS) is 16.7. The van der Waals surface area contributed by atoms with E-state index < -0.39 is 0 Å². The molecule has 0 radical (unpaired) electrons. The largest absolute Gasteiger partial charge is 0.366 e. The van der Waals surface area contributed by atoms with Crippen molar-refractivity contribution in [3.63, 3.8) is 0 Å². The van der Waals surface area contributed by atoms with Gasteiger partial charge < -0.3 is 5.32 Å².